The molecule has 1 N–H and O–H groups in total. The Hall–Kier alpha value is -0.640. The van der Waals surface area contributed by atoms with E-state index < -0.39 is 0 Å². The zero-order valence-electron chi connectivity index (χ0n) is 11.2. The summed E-state index contributed by atoms with van der Waals surface area (Å²) in [6.45, 7) is 2.22. The molecule has 1 nitrogen and oxygen atoms in total. The molecule has 1 aliphatic carbocycles. The van der Waals surface area contributed by atoms with E-state index in [4.69, 9.17) is 0 Å². The van der Waals surface area contributed by atoms with Gasteiger partial charge in [0.05, 0.1) is 3.79 Å². The lowest BCUT2D eigenvalue weighted by Gasteiger charge is -2.27. The molecule has 3 heteroatoms. The van der Waals surface area contributed by atoms with E-state index in [1.807, 2.05) is 11.3 Å². The Balaban J connectivity index is 2.02. The van der Waals surface area contributed by atoms with Gasteiger partial charge in [-0.25, -0.2) is 0 Å². The van der Waals surface area contributed by atoms with Crippen molar-refractivity contribution in [3.63, 3.8) is 0 Å². The van der Waals surface area contributed by atoms with Crippen molar-refractivity contribution >= 4 is 27.3 Å². The van der Waals surface area contributed by atoms with Gasteiger partial charge in [0.2, 0.25) is 0 Å². The molecule has 1 unspecified atom stereocenters. The second-order valence-electron chi connectivity index (χ2n) is 5.31. The maximum atomic E-state index is 3.61. The van der Waals surface area contributed by atoms with Crippen molar-refractivity contribution in [1.82, 2.24) is 5.32 Å². The summed E-state index contributed by atoms with van der Waals surface area (Å²) in [5.74, 6) is 0. The minimum atomic E-state index is 0.293. The molecule has 19 heavy (non-hydrogen) atoms. The first-order valence-corrected chi connectivity index (χ1v) is 8.27. The highest BCUT2D eigenvalue weighted by molar-refractivity contribution is 9.11. The number of nitrogens with one attached hydrogen (secondary N) is 1. The van der Waals surface area contributed by atoms with Gasteiger partial charge in [-0.05, 0) is 59.9 Å². The average Bonchev–Trinajstić information content (AvgIpc) is 3.14. The zero-order chi connectivity index (χ0) is 13.5. The normalized spacial score (nSPS) is 18.3. The molecular weight excluding hydrogens is 318 g/mol. The predicted octanol–water partition coefficient (Wildman–Crippen LogP) is 4.81. The van der Waals surface area contributed by atoms with Gasteiger partial charge < -0.3 is 5.32 Å². The fourth-order valence-corrected chi connectivity index (χ4v) is 4.87. The van der Waals surface area contributed by atoms with Crippen LogP contribution in [0.25, 0.3) is 0 Å². The molecule has 0 amide bonds. The number of hydrogen-bond donors (Lipinski definition) is 1. The summed E-state index contributed by atoms with van der Waals surface area (Å²) in [6, 6.07) is 13.6. The van der Waals surface area contributed by atoms with Gasteiger partial charge in [-0.1, -0.05) is 30.3 Å². The third-order valence-electron chi connectivity index (χ3n) is 4.22. The number of hydrogen-bond acceptors (Lipinski definition) is 2. The highest BCUT2D eigenvalue weighted by atomic mass is 79.9. The third kappa shape index (κ3) is 2.28. The number of rotatable bonds is 4. The van der Waals surface area contributed by atoms with Crippen LogP contribution in [-0.2, 0) is 5.41 Å². The van der Waals surface area contributed by atoms with Gasteiger partial charge in [-0.3, -0.25) is 0 Å². The molecule has 1 saturated carbocycles. The largest absolute Gasteiger partial charge is 0.312 e. The number of aryl methyl sites for hydroxylation is 1. The highest BCUT2D eigenvalue weighted by Gasteiger charge is 2.51. The quantitative estimate of drug-likeness (QED) is 0.845. The lowest BCUT2D eigenvalue weighted by atomic mass is 9.84. The molecule has 0 radical (unpaired) electrons. The summed E-state index contributed by atoms with van der Waals surface area (Å²) < 4.78 is 1.23. The molecule has 1 fully saturated rings. The van der Waals surface area contributed by atoms with E-state index in [0.29, 0.717) is 11.5 Å². The fraction of sp³-hybridized carbons (Fsp3) is 0.375. The van der Waals surface area contributed by atoms with Crippen LogP contribution in [-0.4, -0.2) is 7.05 Å². The van der Waals surface area contributed by atoms with Crippen LogP contribution in [0.1, 0.15) is 34.9 Å². The molecule has 0 spiro atoms. The van der Waals surface area contributed by atoms with Crippen LogP contribution in [0.15, 0.2) is 40.2 Å². The van der Waals surface area contributed by atoms with Gasteiger partial charge in [0.25, 0.3) is 0 Å². The van der Waals surface area contributed by atoms with Gasteiger partial charge in [0.1, 0.15) is 0 Å². The van der Waals surface area contributed by atoms with E-state index in [1.165, 1.54) is 32.6 Å². The van der Waals surface area contributed by atoms with Crippen molar-refractivity contribution in [1.29, 1.82) is 0 Å². The number of thiophene rings is 1. The molecule has 1 atom stereocenters. The Kier molecular flexibility index (Phi) is 3.54. The van der Waals surface area contributed by atoms with Crippen molar-refractivity contribution < 1.29 is 0 Å². The summed E-state index contributed by atoms with van der Waals surface area (Å²) in [4.78, 5) is 1.41. The number of halogens is 1. The van der Waals surface area contributed by atoms with Crippen molar-refractivity contribution in [3.05, 3.63) is 56.2 Å². The van der Waals surface area contributed by atoms with Gasteiger partial charge >= 0.3 is 0 Å². The van der Waals surface area contributed by atoms with E-state index >= 15 is 0 Å². The Morgan fingerprint density at radius 3 is 2.42 bits per heavy atom. The molecule has 0 aliphatic heterocycles. The SMILES string of the molecule is CNC(c1cc(Br)sc1C)C1(c2ccccc2)CC1. The van der Waals surface area contributed by atoms with Crippen LogP contribution >= 0.6 is 27.3 Å². The second kappa shape index (κ2) is 5.04. The fourth-order valence-electron chi connectivity index (χ4n) is 3.12. The Bertz CT molecular complexity index is 572. The summed E-state index contributed by atoms with van der Waals surface area (Å²) in [7, 11) is 2.08. The Morgan fingerprint density at radius 2 is 1.95 bits per heavy atom. The molecule has 0 bridgehead atoms. The molecular formula is C16H18BrNS. The van der Waals surface area contributed by atoms with E-state index in [0.717, 1.165) is 0 Å². The summed E-state index contributed by atoms with van der Waals surface area (Å²) >= 11 is 5.44. The van der Waals surface area contributed by atoms with Crippen LogP contribution < -0.4 is 5.32 Å². The monoisotopic (exact) mass is 335 g/mol. The van der Waals surface area contributed by atoms with Gasteiger partial charge in [-0.2, -0.15) is 0 Å². The first kappa shape index (κ1) is 13.3. The van der Waals surface area contributed by atoms with Crippen molar-refractivity contribution in [3.8, 4) is 0 Å². The lowest BCUT2D eigenvalue weighted by Crippen LogP contribution is -2.29. The second-order valence-corrected chi connectivity index (χ2v) is 7.94. The van der Waals surface area contributed by atoms with Crippen LogP contribution in [0.3, 0.4) is 0 Å². The maximum absolute atomic E-state index is 3.61. The summed E-state index contributed by atoms with van der Waals surface area (Å²) in [5, 5.41) is 3.56. The molecule has 1 aliphatic rings. The van der Waals surface area contributed by atoms with Gasteiger partial charge in [0, 0.05) is 16.3 Å². The maximum Gasteiger partial charge on any atom is 0.0704 e. The van der Waals surface area contributed by atoms with Crippen molar-refractivity contribution in [2.75, 3.05) is 7.05 Å². The van der Waals surface area contributed by atoms with E-state index in [2.05, 4.69) is 71.6 Å². The molecule has 1 aromatic heterocycles. The van der Waals surface area contributed by atoms with E-state index in [9.17, 15) is 0 Å². The summed E-state index contributed by atoms with van der Waals surface area (Å²) in [5.41, 5.74) is 3.21. The topological polar surface area (TPSA) is 12.0 Å². The minimum absolute atomic E-state index is 0.293. The number of likely N-dealkylation sites (N-methyl/N-ethyl adjacent to an activating group) is 1. The van der Waals surface area contributed by atoms with Gasteiger partial charge in [0.15, 0.2) is 0 Å². The van der Waals surface area contributed by atoms with Crippen LogP contribution in [0.4, 0.5) is 0 Å². The molecule has 0 saturated heterocycles. The van der Waals surface area contributed by atoms with Crippen LogP contribution in [0.2, 0.25) is 0 Å². The zero-order valence-corrected chi connectivity index (χ0v) is 13.6. The summed E-state index contributed by atoms with van der Waals surface area (Å²) in [6.07, 6.45) is 2.55. The van der Waals surface area contributed by atoms with Crippen molar-refractivity contribution in [2.24, 2.45) is 0 Å². The predicted molar refractivity (Wildman–Crippen MR) is 85.9 cm³/mol. The number of benzene rings is 1. The third-order valence-corrected chi connectivity index (χ3v) is 5.79. The molecule has 1 aromatic carbocycles. The van der Waals surface area contributed by atoms with Gasteiger partial charge in [-0.15, -0.1) is 11.3 Å². The van der Waals surface area contributed by atoms with E-state index in [1.54, 1.807) is 0 Å². The standard InChI is InChI=1S/C16H18BrNS/c1-11-13(10-14(17)19-11)15(18-2)16(8-9-16)12-6-4-3-5-7-12/h3-7,10,15,18H,8-9H2,1-2H3. The van der Waals surface area contributed by atoms with Crippen molar-refractivity contribution in [2.45, 2.75) is 31.2 Å². The molecule has 100 valence electrons. The molecule has 3 rings (SSSR count). The van der Waals surface area contributed by atoms with E-state index in [-0.39, 0.29) is 0 Å². The smallest absolute Gasteiger partial charge is 0.0704 e. The molecule has 2 aromatic rings. The first-order chi connectivity index (χ1) is 9.17. The van der Waals surface area contributed by atoms with Crippen LogP contribution in [0, 0.1) is 6.92 Å². The Labute approximate surface area is 127 Å². The van der Waals surface area contributed by atoms with Crippen LogP contribution in [0.5, 0.6) is 0 Å². The highest BCUT2D eigenvalue weighted by Crippen LogP contribution is 2.57. The first-order valence-electron chi connectivity index (χ1n) is 6.66. The minimum Gasteiger partial charge on any atom is -0.312 e. The molecule has 1 heterocycles. The lowest BCUT2D eigenvalue weighted by molar-refractivity contribution is 0.463. The average molecular weight is 336 g/mol. The Morgan fingerprint density at radius 1 is 1.26 bits per heavy atom.